The number of rotatable bonds is 3. The molecule has 6 heteroatoms. The Kier molecular flexibility index (Phi) is 5.54. The van der Waals surface area contributed by atoms with Gasteiger partial charge in [0.15, 0.2) is 6.10 Å². The fourth-order valence-corrected chi connectivity index (χ4v) is 1.73. The van der Waals surface area contributed by atoms with Crippen molar-refractivity contribution in [3.05, 3.63) is 25.3 Å². The Morgan fingerprint density at radius 3 is 2.50 bits per heavy atom. The summed E-state index contributed by atoms with van der Waals surface area (Å²) in [6, 6.07) is 0. The zero-order chi connectivity index (χ0) is 13.5. The van der Waals surface area contributed by atoms with Gasteiger partial charge in [0.1, 0.15) is 6.10 Å². The first-order valence-electron chi connectivity index (χ1n) is 5.50. The van der Waals surface area contributed by atoms with E-state index >= 15 is 0 Å². The standard InChI is InChI=1S/C9H12O4.C3H4O2/c1-2-8(10)13-7-5-12-6-3-4-11-9(6)7;1-2-3(4)5/h2,6-7,9H,1,3-5H2;2H,1H2,(H,4,5). The van der Waals surface area contributed by atoms with E-state index in [-0.39, 0.29) is 18.3 Å². The van der Waals surface area contributed by atoms with E-state index < -0.39 is 11.9 Å². The summed E-state index contributed by atoms with van der Waals surface area (Å²) in [6.45, 7) is 7.42. The number of ether oxygens (including phenoxy) is 3. The van der Waals surface area contributed by atoms with Crippen molar-refractivity contribution in [2.24, 2.45) is 0 Å². The van der Waals surface area contributed by atoms with Gasteiger partial charge in [-0.15, -0.1) is 0 Å². The molecule has 0 saturated carbocycles. The zero-order valence-corrected chi connectivity index (χ0v) is 9.91. The normalized spacial score (nSPS) is 28.6. The van der Waals surface area contributed by atoms with Crippen LogP contribution in [0.4, 0.5) is 0 Å². The summed E-state index contributed by atoms with van der Waals surface area (Å²) in [5.74, 6) is -1.39. The Morgan fingerprint density at radius 1 is 1.28 bits per heavy atom. The first kappa shape index (κ1) is 14.4. The summed E-state index contributed by atoms with van der Waals surface area (Å²) in [7, 11) is 0. The molecule has 0 aromatic carbocycles. The van der Waals surface area contributed by atoms with Crippen LogP contribution in [-0.4, -0.2) is 48.6 Å². The molecular weight excluding hydrogens is 240 g/mol. The SMILES string of the molecule is C=CC(=O)O.C=CC(=O)OC1COC2CCOC21. The zero-order valence-electron chi connectivity index (χ0n) is 9.91. The second-order valence-corrected chi connectivity index (χ2v) is 3.72. The lowest BCUT2D eigenvalue weighted by atomic mass is 10.1. The van der Waals surface area contributed by atoms with Gasteiger partial charge in [-0.25, -0.2) is 9.59 Å². The molecule has 0 aromatic rings. The minimum Gasteiger partial charge on any atom is -0.478 e. The van der Waals surface area contributed by atoms with Gasteiger partial charge in [-0.05, 0) is 6.42 Å². The van der Waals surface area contributed by atoms with E-state index in [4.69, 9.17) is 19.3 Å². The Hall–Kier alpha value is -1.66. The lowest BCUT2D eigenvalue weighted by Gasteiger charge is -2.15. The van der Waals surface area contributed by atoms with Crippen LogP contribution >= 0.6 is 0 Å². The fourth-order valence-electron chi connectivity index (χ4n) is 1.73. The maximum atomic E-state index is 10.9. The molecule has 0 amide bonds. The number of aliphatic carboxylic acids is 1. The monoisotopic (exact) mass is 256 g/mol. The van der Waals surface area contributed by atoms with Crippen LogP contribution in [0.5, 0.6) is 0 Å². The summed E-state index contributed by atoms with van der Waals surface area (Å²) in [6.07, 6.45) is 2.68. The molecule has 3 atom stereocenters. The van der Waals surface area contributed by atoms with Gasteiger partial charge in [-0.2, -0.15) is 0 Å². The molecule has 3 unspecified atom stereocenters. The van der Waals surface area contributed by atoms with Crippen LogP contribution in [0.15, 0.2) is 25.3 Å². The summed E-state index contributed by atoms with van der Waals surface area (Å²) >= 11 is 0. The largest absolute Gasteiger partial charge is 0.478 e. The van der Waals surface area contributed by atoms with Crippen molar-refractivity contribution in [2.75, 3.05) is 13.2 Å². The molecule has 0 radical (unpaired) electrons. The lowest BCUT2D eigenvalue weighted by Crippen LogP contribution is -2.31. The van der Waals surface area contributed by atoms with Gasteiger partial charge >= 0.3 is 11.9 Å². The third-order valence-corrected chi connectivity index (χ3v) is 2.53. The minimum atomic E-state index is -0.981. The maximum absolute atomic E-state index is 10.9. The molecule has 2 heterocycles. The van der Waals surface area contributed by atoms with Gasteiger partial charge in [0.05, 0.1) is 12.7 Å². The lowest BCUT2D eigenvalue weighted by molar-refractivity contribution is -0.147. The van der Waals surface area contributed by atoms with Gasteiger partial charge in [-0.1, -0.05) is 13.2 Å². The molecule has 18 heavy (non-hydrogen) atoms. The molecule has 2 rings (SSSR count). The van der Waals surface area contributed by atoms with Crippen LogP contribution in [0.2, 0.25) is 0 Å². The first-order chi connectivity index (χ1) is 8.58. The Balaban J connectivity index is 0.000000280. The summed E-state index contributed by atoms with van der Waals surface area (Å²) in [5, 5.41) is 7.60. The second kappa shape index (κ2) is 6.93. The van der Waals surface area contributed by atoms with Crippen LogP contribution in [0.1, 0.15) is 6.42 Å². The van der Waals surface area contributed by atoms with E-state index in [1.807, 2.05) is 0 Å². The second-order valence-electron chi connectivity index (χ2n) is 3.72. The Morgan fingerprint density at radius 2 is 1.94 bits per heavy atom. The van der Waals surface area contributed by atoms with Gasteiger partial charge < -0.3 is 19.3 Å². The van der Waals surface area contributed by atoms with E-state index in [0.717, 1.165) is 18.6 Å². The molecule has 1 N–H and O–H groups in total. The number of hydrogen-bond donors (Lipinski definition) is 1. The van der Waals surface area contributed by atoms with Crippen LogP contribution < -0.4 is 0 Å². The molecular formula is C12H16O6. The van der Waals surface area contributed by atoms with Crippen LogP contribution in [-0.2, 0) is 23.8 Å². The highest BCUT2D eigenvalue weighted by Gasteiger charge is 2.43. The molecule has 0 aromatic heterocycles. The predicted molar refractivity (Wildman–Crippen MR) is 62.0 cm³/mol. The minimum absolute atomic E-state index is 0.0658. The number of fused-ring (bicyclic) bond motifs is 1. The Labute approximate surface area is 105 Å². The summed E-state index contributed by atoms with van der Waals surface area (Å²) in [5.41, 5.74) is 0. The number of carbonyl (C=O) groups excluding carboxylic acids is 1. The van der Waals surface area contributed by atoms with E-state index in [0.29, 0.717) is 13.2 Å². The van der Waals surface area contributed by atoms with Crippen molar-refractivity contribution in [1.82, 2.24) is 0 Å². The smallest absolute Gasteiger partial charge is 0.330 e. The summed E-state index contributed by atoms with van der Waals surface area (Å²) in [4.78, 5) is 20.2. The van der Waals surface area contributed by atoms with E-state index in [2.05, 4.69) is 13.2 Å². The van der Waals surface area contributed by atoms with E-state index in [1.165, 1.54) is 0 Å². The third kappa shape index (κ3) is 3.97. The van der Waals surface area contributed by atoms with Gasteiger partial charge in [0.25, 0.3) is 0 Å². The van der Waals surface area contributed by atoms with Gasteiger partial charge in [-0.3, -0.25) is 0 Å². The predicted octanol–water partition coefficient (Wildman–Crippen LogP) is 0.529. The van der Waals surface area contributed by atoms with Crippen molar-refractivity contribution < 1.29 is 28.9 Å². The van der Waals surface area contributed by atoms with E-state index in [1.54, 1.807) is 0 Å². The summed E-state index contributed by atoms with van der Waals surface area (Å²) < 4.78 is 15.9. The van der Waals surface area contributed by atoms with Crippen molar-refractivity contribution in [2.45, 2.75) is 24.7 Å². The number of carbonyl (C=O) groups is 2. The number of carboxylic acids is 1. The molecule has 2 fully saturated rings. The molecule has 0 spiro atoms. The molecule has 2 saturated heterocycles. The van der Waals surface area contributed by atoms with Crippen LogP contribution in [0, 0.1) is 0 Å². The molecule has 2 aliphatic heterocycles. The van der Waals surface area contributed by atoms with Crippen molar-refractivity contribution in [3.8, 4) is 0 Å². The topological polar surface area (TPSA) is 82.1 Å². The molecule has 6 nitrogen and oxygen atoms in total. The van der Waals surface area contributed by atoms with Gasteiger partial charge in [0.2, 0.25) is 0 Å². The number of carboxylic acid groups (broad SMARTS) is 1. The quantitative estimate of drug-likeness (QED) is 0.586. The van der Waals surface area contributed by atoms with Gasteiger partial charge in [0, 0.05) is 18.8 Å². The van der Waals surface area contributed by atoms with E-state index in [9.17, 15) is 9.59 Å². The van der Waals surface area contributed by atoms with Crippen molar-refractivity contribution >= 4 is 11.9 Å². The highest BCUT2D eigenvalue weighted by Crippen LogP contribution is 2.28. The molecule has 2 aliphatic rings. The van der Waals surface area contributed by atoms with Crippen LogP contribution in [0.25, 0.3) is 0 Å². The van der Waals surface area contributed by atoms with Crippen molar-refractivity contribution in [3.63, 3.8) is 0 Å². The first-order valence-corrected chi connectivity index (χ1v) is 5.50. The Bertz CT molecular complexity index is 337. The van der Waals surface area contributed by atoms with Crippen LogP contribution in [0.3, 0.4) is 0 Å². The molecule has 0 bridgehead atoms. The van der Waals surface area contributed by atoms with Crippen molar-refractivity contribution in [1.29, 1.82) is 0 Å². The fraction of sp³-hybridized carbons (Fsp3) is 0.500. The molecule has 0 aliphatic carbocycles. The number of esters is 1. The maximum Gasteiger partial charge on any atom is 0.330 e. The molecule has 100 valence electrons. The highest BCUT2D eigenvalue weighted by molar-refractivity contribution is 5.81. The average Bonchev–Trinajstić information content (AvgIpc) is 2.94. The third-order valence-electron chi connectivity index (χ3n) is 2.53. The highest BCUT2D eigenvalue weighted by atomic mass is 16.6. The number of hydrogen-bond acceptors (Lipinski definition) is 5. The average molecular weight is 256 g/mol.